The van der Waals surface area contributed by atoms with Crippen LogP contribution in [0, 0.1) is 0 Å². The van der Waals surface area contributed by atoms with E-state index in [-0.39, 0.29) is 34.1 Å². The molecule has 0 N–H and O–H groups in total. The van der Waals surface area contributed by atoms with Gasteiger partial charge in [0, 0.05) is 6.04 Å². The fourth-order valence-corrected chi connectivity index (χ4v) is 3.30. The Morgan fingerprint density at radius 3 is 2.60 bits per heavy atom. The fraction of sp³-hybridized carbons (Fsp3) is 0.438. The molecule has 1 saturated carbocycles. The number of fused-ring (bicyclic) bond motifs is 1. The van der Waals surface area contributed by atoms with E-state index in [2.05, 4.69) is 20.7 Å². The predicted octanol–water partition coefficient (Wildman–Crippen LogP) is 2.72. The second-order valence-electron chi connectivity index (χ2n) is 5.64. The zero-order valence-corrected chi connectivity index (χ0v) is 14.7. The SMILES string of the molecule is CCOC(=O)C1C(=O)C(=O)c2ccc(Br)c(OC(F)F)c2N1C1CC1. The van der Waals surface area contributed by atoms with Gasteiger partial charge in [0.1, 0.15) is 0 Å². The van der Waals surface area contributed by atoms with Crippen LogP contribution in [0.4, 0.5) is 14.5 Å². The maximum atomic E-state index is 12.9. The van der Waals surface area contributed by atoms with Gasteiger partial charge in [-0.25, -0.2) is 4.79 Å². The molecule has 1 aromatic rings. The number of esters is 1. The van der Waals surface area contributed by atoms with Crippen molar-refractivity contribution < 1.29 is 32.6 Å². The first kappa shape index (κ1) is 17.8. The number of ether oxygens (including phenoxy) is 2. The Labute approximate surface area is 150 Å². The molecule has 1 aliphatic carbocycles. The minimum Gasteiger partial charge on any atom is -0.464 e. The second kappa shape index (κ2) is 6.70. The Morgan fingerprint density at radius 1 is 1.36 bits per heavy atom. The van der Waals surface area contributed by atoms with E-state index in [9.17, 15) is 23.2 Å². The van der Waals surface area contributed by atoms with Crippen molar-refractivity contribution >= 4 is 39.2 Å². The molecule has 1 aromatic carbocycles. The Kier molecular flexibility index (Phi) is 4.77. The first-order valence-corrected chi connectivity index (χ1v) is 8.47. The molecule has 6 nitrogen and oxygen atoms in total. The van der Waals surface area contributed by atoms with Crippen molar-refractivity contribution in [3.05, 3.63) is 22.2 Å². The molecular weight excluding hydrogens is 404 g/mol. The number of ketones is 2. The van der Waals surface area contributed by atoms with E-state index in [0.717, 1.165) is 0 Å². The summed E-state index contributed by atoms with van der Waals surface area (Å²) in [5.74, 6) is -2.99. The van der Waals surface area contributed by atoms with Gasteiger partial charge in [0.2, 0.25) is 11.6 Å². The van der Waals surface area contributed by atoms with E-state index >= 15 is 0 Å². The van der Waals surface area contributed by atoms with Gasteiger partial charge in [-0.1, -0.05) is 0 Å². The number of anilines is 1. The maximum Gasteiger partial charge on any atom is 0.387 e. The van der Waals surface area contributed by atoms with Crippen molar-refractivity contribution in [3.63, 3.8) is 0 Å². The smallest absolute Gasteiger partial charge is 0.387 e. The third-order valence-electron chi connectivity index (χ3n) is 3.99. The monoisotopic (exact) mass is 417 g/mol. The van der Waals surface area contributed by atoms with Crippen LogP contribution in [0.25, 0.3) is 0 Å². The molecule has 0 bridgehead atoms. The third kappa shape index (κ3) is 3.12. The van der Waals surface area contributed by atoms with E-state index in [0.29, 0.717) is 12.8 Å². The van der Waals surface area contributed by atoms with Crippen LogP contribution < -0.4 is 9.64 Å². The number of hydrogen-bond donors (Lipinski definition) is 0. The first-order chi connectivity index (χ1) is 11.9. The van der Waals surface area contributed by atoms with Crippen molar-refractivity contribution in [2.24, 2.45) is 0 Å². The van der Waals surface area contributed by atoms with Gasteiger partial charge in [-0.05, 0) is 47.8 Å². The molecule has 1 fully saturated rings. The molecule has 3 rings (SSSR count). The number of hydrogen-bond acceptors (Lipinski definition) is 6. The lowest BCUT2D eigenvalue weighted by Gasteiger charge is -2.36. The van der Waals surface area contributed by atoms with E-state index in [1.54, 1.807) is 6.92 Å². The summed E-state index contributed by atoms with van der Waals surface area (Å²) >= 11 is 3.13. The number of carbonyl (C=O) groups is 3. The standard InChI is InChI=1S/C16H14BrF2NO5/c1-2-24-15(23)11-13(22)12(21)8-5-6-9(17)14(25-16(18)19)10(8)20(11)7-3-4-7/h5-7,11,16H,2-4H2,1H3. The lowest BCUT2D eigenvalue weighted by molar-refractivity contribution is -0.147. The van der Waals surface area contributed by atoms with Gasteiger partial charge in [-0.3, -0.25) is 9.59 Å². The Hall–Kier alpha value is -2.03. The summed E-state index contributed by atoms with van der Waals surface area (Å²) in [6, 6.07) is 1.01. The Bertz CT molecular complexity index is 750. The van der Waals surface area contributed by atoms with E-state index < -0.39 is 30.2 Å². The van der Waals surface area contributed by atoms with Gasteiger partial charge in [0.25, 0.3) is 0 Å². The summed E-state index contributed by atoms with van der Waals surface area (Å²) in [5, 5.41) is 0. The van der Waals surface area contributed by atoms with E-state index in [1.807, 2.05) is 0 Å². The van der Waals surface area contributed by atoms with Crippen molar-refractivity contribution in [2.75, 3.05) is 11.5 Å². The van der Waals surface area contributed by atoms with Gasteiger partial charge >= 0.3 is 12.6 Å². The van der Waals surface area contributed by atoms with Gasteiger partial charge in [-0.15, -0.1) is 0 Å². The number of alkyl halides is 2. The van der Waals surface area contributed by atoms with Crippen LogP contribution in [-0.4, -0.2) is 42.8 Å². The molecule has 0 saturated heterocycles. The van der Waals surface area contributed by atoms with Crippen LogP contribution in [0.15, 0.2) is 16.6 Å². The van der Waals surface area contributed by atoms with Crippen LogP contribution in [0.5, 0.6) is 5.75 Å². The number of Topliss-reactive ketones (excluding diaryl/α,β-unsaturated/α-hetero) is 2. The lowest BCUT2D eigenvalue weighted by Crippen LogP contribution is -2.55. The average Bonchev–Trinajstić information content (AvgIpc) is 3.37. The van der Waals surface area contributed by atoms with Gasteiger partial charge in [0.15, 0.2) is 11.8 Å². The Balaban J connectivity index is 2.19. The molecule has 1 aliphatic heterocycles. The minimum absolute atomic E-state index is 0.0276. The highest BCUT2D eigenvalue weighted by atomic mass is 79.9. The highest BCUT2D eigenvalue weighted by Crippen LogP contribution is 2.47. The summed E-state index contributed by atoms with van der Waals surface area (Å²) in [6.07, 6.45) is 1.33. The van der Waals surface area contributed by atoms with Crippen LogP contribution in [0.1, 0.15) is 30.1 Å². The highest BCUT2D eigenvalue weighted by molar-refractivity contribution is 9.10. The molecule has 1 unspecified atom stereocenters. The first-order valence-electron chi connectivity index (χ1n) is 7.67. The second-order valence-corrected chi connectivity index (χ2v) is 6.49. The normalized spacial score (nSPS) is 19.9. The number of carbonyl (C=O) groups excluding carboxylic acids is 3. The molecular formula is C16H14BrF2NO5. The van der Waals surface area contributed by atoms with Crippen molar-refractivity contribution in [3.8, 4) is 5.75 Å². The topological polar surface area (TPSA) is 72.9 Å². The summed E-state index contributed by atoms with van der Waals surface area (Å²) in [5.41, 5.74) is -0.0314. The van der Waals surface area contributed by atoms with Gasteiger partial charge in [-0.2, -0.15) is 8.78 Å². The zero-order valence-electron chi connectivity index (χ0n) is 13.1. The van der Waals surface area contributed by atoms with Crippen LogP contribution in [-0.2, 0) is 14.3 Å². The van der Waals surface area contributed by atoms with Gasteiger partial charge in [0.05, 0.1) is 22.3 Å². The molecule has 9 heteroatoms. The fourth-order valence-electron chi connectivity index (χ4n) is 2.89. The highest BCUT2D eigenvalue weighted by Gasteiger charge is 2.51. The molecule has 0 radical (unpaired) electrons. The Morgan fingerprint density at radius 2 is 2.04 bits per heavy atom. The van der Waals surface area contributed by atoms with Crippen molar-refractivity contribution in [1.29, 1.82) is 0 Å². The predicted molar refractivity (Wildman–Crippen MR) is 86.0 cm³/mol. The summed E-state index contributed by atoms with van der Waals surface area (Å²) in [7, 11) is 0. The number of nitrogens with zero attached hydrogens (tertiary/aromatic N) is 1. The number of rotatable bonds is 5. The molecule has 1 atom stereocenters. The molecule has 134 valence electrons. The summed E-state index contributed by atoms with van der Waals surface area (Å²) < 4.78 is 35.4. The third-order valence-corrected chi connectivity index (χ3v) is 4.62. The van der Waals surface area contributed by atoms with Crippen molar-refractivity contribution in [1.82, 2.24) is 0 Å². The van der Waals surface area contributed by atoms with E-state index in [1.165, 1.54) is 17.0 Å². The van der Waals surface area contributed by atoms with Crippen LogP contribution in [0.2, 0.25) is 0 Å². The average molecular weight is 418 g/mol. The van der Waals surface area contributed by atoms with Crippen molar-refractivity contribution in [2.45, 2.75) is 38.5 Å². The number of benzene rings is 1. The summed E-state index contributed by atoms with van der Waals surface area (Å²) in [6.45, 7) is -1.52. The lowest BCUT2D eigenvalue weighted by atomic mass is 9.92. The molecule has 0 amide bonds. The largest absolute Gasteiger partial charge is 0.464 e. The number of halogens is 3. The molecule has 25 heavy (non-hydrogen) atoms. The quantitative estimate of drug-likeness (QED) is 0.416. The zero-order chi connectivity index (χ0) is 18.3. The molecule has 1 heterocycles. The van der Waals surface area contributed by atoms with Gasteiger partial charge < -0.3 is 14.4 Å². The van der Waals surface area contributed by atoms with Crippen LogP contribution >= 0.6 is 15.9 Å². The molecule has 2 aliphatic rings. The van der Waals surface area contributed by atoms with E-state index in [4.69, 9.17) is 4.74 Å². The van der Waals surface area contributed by atoms with Crippen LogP contribution in [0.3, 0.4) is 0 Å². The molecule has 0 aromatic heterocycles. The maximum absolute atomic E-state index is 12.9. The minimum atomic E-state index is -3.13. The molecule has 0 spiro atoms. The summed E-state index contributed by atoms with van der Waals surface area (Å²) in [4.78, 5) is 38.6.